The summed E-state index contributed by atoms with van der Waals surface area (Å²) in [4.78, 5) is 4.31. The van der Waals surface area contributed by atoms with Gasteiger partial charge >= 0.3 is 0 Å². The summed E-state index contributed by atoms with van der Waals surface area (Å²) >= 11 is 0. The van der Waals surface area contributed by atoms with Crippen molar-refractivity contribution in [2.24, 2.45) is 0 Å². The van der Waals surface area contributed by atoms with E-state index < -0.39 is 0 Å². The predicted molar refractivity (Wildman–Crippen MR) is 76.4 cm³/mol. The molecule has 2 aromatic rings. The lowest BCUT2D eigenvalue weighted by atomic mass is 10.1. The fraction of sp³-hybridized carbons (Fsp3) is 0.267. The molecular weight excluding hydrogens is 222 g/mol. The molecule has 94 valence electrons. The Balaban J connectivity index is 2.36. The van der Waals surface area contributed by atoms with Crippen LogP contribution >= 0.6 is 0 Å². The molecule has 0 amide bonds. The van der Waals surface area contributed by atoms with E-state index >= 15 is 0 Å². The van der Waals surface area contributed by atoms with Crippen LogP contribution in [0.3, 0.4) is 0 Å². The number of benzene rings is 1. The Kier molecular flexibility index (Phi) is 3.82. The van der Waals surface area contributed by atoms with Crippen molar-refractivity contribution in [3.8, 4) is 5.69 Å². The molecule has 0 spiro atoms. The summed E-state index contributed by atoms with van der Waals surface area (Å²) in [5.74, 6) is 0.848. The first-order valence-corrected chi connectivity index (χ1v) is 6.24. The molecular formula is C15H19N3. The fourth-order valence-corrected chi connectivity index (χ4v) is 1.99. The molecule has 0 fully saturated rings. The van der Waals surface area contributed by atoms with Crippen molar-refractivity contribution in [3.05, 3.63) is 54.4 Å². The summed E-state index contributed by atoms with van der Waals surface area (Å²) in [6, 6.07) is 6.50. The van der Waals surface area contributed by atoms with E-state index in [2.05, 4.69) is 53.5 Å². The van der Waals surface area contributed by atoms with Gasteiger partial charge in [0.2, 0.25) is 5.95 Å². The van der Waals surface area contributed by atoms with Gasteiger partial charge in [0.25, 0.3) is 0 Å². The third kappa shape index (κ3) is 2.45. The van der Waals surface area contributed by atoms with Gasteiger partial charge in [-0.05, 0) is 36.6 Å². The number of anilines is 1. The van der Waals surface area contributed by atoms with E-state index in [9.17, 15) is 0 Å². The molecule has 1 heterocycles. The number of aromatic nitrogens is 2. The Morgan fingerprint density at radius 3 is 3.00 bits per heavy atom. The minimum atomic E-state index is 0.712. The number of hydrogen-bond acceptors (Lipinski definition) is 2. The van der Waals surface area contributed by atoms with Crippen LogP contribution < -0.4 is 5.32 Å². The molecule has 1 aromatic heterocycles. The summed E-state index contributed by atoms with van der Waals surface area (Å²) in [7, 11) is 0. The third-order valence-corrected chi connectivity index (χ3v) is 3.04. The SMILES string of the molecule is C=CCNc1nccn1-c1ccc(C)c(CC)c1. The summed E-state index contributed by atoms with van der Waals surface area (Å²) in [6.07, 6.45) is 6.64. The highest BCUT2D eigenvalue weighted by Gasteiger charge is 2.05. The number of rotatable bonds is 5. The first-order chi connectivity index (χ1) is 8.76. The average molecular weight is 241 g/mol. The maximum absolute atomic E-state index is 4.31. The number of nitrogens with zero attached hydrogens (tertiary/aromatic N) is 2. The van der Waals surface area contributed by atoms with Crippen molar-refractivity contribution >= 4 is 5.95 Å². The molecule has 0 unspecified atom stereocenters. The zero-order chi connectivity index (χ0) is 13.0. The summed E-state index contributed by atoms with van der Waals surface area (Å²) in [5, 5.41) is 3.23. The van der Waals surface area contributed by atoms with Crippen molar-refractivity contribution in [1.29, 1.82) is 0 Å². The maximum atomic E-state index is 4.31. The van der Waals surface area contributed by atoms with Gasteiger partial charge in [-0.2, -0.15) is 0 Å². The van der Waals surface area contributed by atoms with Gasteiger partial charge in [-0.25, -0.2) is 4.98 Å². The lowest BCUT2D eigenvalue weighted by molar-refractivity contribution is 1.02. The quantitative estimate of drug-likeness (QED) is 0.814. The molecule has 2 rings (SSSR count). The highest BCUT2D eigenvalue weighted by Crippen LogP contribution is 2.18. The Hall–Kier alpha value is -2.03. The monoisotopic (exact) mass is 241 g/mol. The van der Waals surface area contributed by atoms with Gasteiger partial charge in [-0.1, -0.05) is 19.1 Å². The van der Waals surface area contributed by atoms with E-state index in [-0.39, 0.29) is 0 Å². The molecule has 0 aliphatic heterocycles. The zero-order valence-corrected chi connectivity index (χ0v) is 11.0. The van der Waals surface area contributed by atoms with Gasteiger partial charge < -0.3 is 5.32 Å². The molecule has 1 aromatic carbocycles. The van der Waals surface area contributed by atoms with Crippen LogP contribution in [0.4, 0.5) is 5.95 Å². The van der Waals surface area contributed by atoms with Crippen molar-refractivity contribution < 1.29 is 0 Å². The van der Waals surface area contributed by atoms with Gasteiger partial charge in [0.15, 0.2) is 0 Å². The zero-order valence-electron chi connectivity index (χ0n) is 11.0. The summed E-state index contributed by atoms with van der Waals surface area (Å²) in [6.45, 7) is 8.74. The molecule has 0 atom stereocenters. The second kappa shape index (κ2) is 5.54. The van der Waals surface area contributed by atoms with E-state index in [1.54, 1.807) is 6.20 Å². The molecule has 18 heavy (non-hydrogen) atoms. The Morgan fingerprint density at radius 2 is 2.28 bits per heavy atom. The number of aryl methyl sites for hydroxylation is 2. The molecule has 0 radical (unpaired) electrons. The molecule has 1 N–H and O–H groups in total. The Bertz CT molecular complexity index is 540. The molecule has 0 saturated carbocycles. The molecule has 0 saturated heterocycles. The average Bonchev–Trinajstić information content (AvgIpc) is 2.85. The number of hydrogen-bond donors (Lipinski definition) is 1. The summed E-state index contributed by atoms with van der Waals surface area (Å²) in [5.41, 5.74) is 3.85. The van der Waals surface area contributed by atoms with Crippen molar-refractivity contribution in [1.82, 2.24) is 9.55 Å². The standard InChI is InChI=1S/C15H19N3/c1-4-8-16-15-17-9-10-18(15)14-7-6-12(3)13(5-2)11-14/h4,6-7,9-11H,1,5,8H2,2-3H3,(H,16,17). The van der Waals surface area contributed by atoms with Crippen molar-refractivity contribution in [2.75, 3.05) is 11.9 Å². The van der Waals surface area contributed by atoms with Crippen LogP contribution in [0.1, 0.15) is 18.1 Å². The van der Waals surface area contributed by atoms with Crippen molar-refractivity contribution in [3.63, 3.8) is 0 Å². The fourth-order valence-electron chi connectivity index (χ4n) is 1.99. The van der Waals surface area contributed by atoms with Crippen LogP contribution in [0.5, 0.6) is 0 Å². The van der Waals surface area contributed by atoms with Crippen LogP contribution in [0.15, 0.2) is 43.2 Å². The van der Waals surface area contributed by atoms with Crippen molar-refractivity contribution in [2.45, 2.75) is 20.3 Å². The topological polar surface area (TPSA) is 29.9 Å². The lowest BCUT2D eigenvalue weighted by Gasteiger charge is -2.11. The maximum Gasteiger partial charge on any atom is 0.207 e. The third-order valence-electron chi connectivity index (χ3n) is 3.04. The number of nitrogens with one attached hydrogen (secondary N) is 1. The first-order valence-electron chi connectivity index (χ1n) is 6.24. The summed E-state index contributed by atoms with van der Waals surface area (Å²) < 4.78 is 2.06. The van der Waals surface area contributed by atoms with Gasteiger partial charge in [-0.3, -0.25) is 4.57 Å². The van der Waals surface area contributed by atoms with Crippen LogP contribution in [0.2, 0.25) is 0 Å². The van der Waals surface area contributed by atoms with Crippen LogP contribution in [0, 0.1) is 6.92 Å². The van der Waals surface area contributed by atoms with Crippen LogP contribution in [-0.4, -0.2) is 16.1 Å². The molecule has 0 aliphatic rings. The highest BCUT2D eigenvalue weighted by atomic mass is 15.2. The lowest BCUT2D eigenvalue weighted by Crippen LogP contribution is -2.06. The highest BCUT2D eigenvalue weighted by molar-refractivity contribution is 5.46. The van der Waals surface area contributed by atoms with E-state index in [0.717, 1.165) is 18.1 Å². The van der Waals surface area contributed by atoms with E-state index in [0.29, 0.717) is 6.54 Å². The van der Waals surface area contributed by atoms with E-state index in [1.807, 2.05) is 12.3 Å². The molecule has 0 bridgehead atoms. The Morgan fingerprint density at radius 1 is 1.44 bits per heavy atom. The molecule has 0 aliphatic carbocycles. The largest absolute Gasteiger partial charge is 0.352 e. The van der Waals surface area contributed by atoms with E-state index in [4.69, 9.17) is 0 Å². The predicted octanol–water partition coefficient (Wildman–Crippen LogP) is 3.34. The second-order valence-electron chi connectivity index (χ2n) is 4.25. The normalized spacial score (nSPS) is 10.3. The molecule has 3 heteroatoms. The van der Waals surface area contributed by atoms with Gasteiger partial charge in [0.05, 0.1) is 0 Å². The van der Waals surface area contributed by atoms with Gasteiger partial charge in [0.1, 0.15) is 0 Å². The van der Waals surface area contributed by atoms with Gasteiger partial charge in [-0.15, -0.1) is 6.58 Å². The number of imidazole rings is 1. The van der Waals surface area contributed by atoms with Gasteiger partial charge in [0, 0.05) is 24.6 Å². The van der Waals surface area contributed by atoms with E-state index in [1.165, 1.54) is 11.1 Å². The minimum absolute atomic E-state index is 0.712. The Labute approximate surface area is 108 Å². The minimum Gasteiger partial charge on any atom is -0.352 e. The van der Waals surface area contributed by atoms with Crippen LogP contribution in [-0.2, 0) is 6.42 Å². The second-order valence-corrected chi connectivity index (χ2v) is 4.25. The van der Waals surface area contributed by atoms with Crippen LogP contribution in [0.25, 0.3) is 5.69 Å². The first kappa shape index (κ1) is 12.4. The molecule has 3 nitrogen and oxygen atoms in total. The smallest absolute Gasteiger partial charge is 0.207 e.